The molecule has 1 amide bonds. The van der Waals surface area contributed by atoms with Gasteiger partial charge in [-0.05, 0) is 24.8 Å². The number of epoxide rings is 1. The lowest BCUT2D eigenvalue weighted by molar-refractivity contribution is 0.0406. The molecule has 0 spiro atoms. The van der Waals surface area contributed by atoms with E-state index < -0.39 is 17.8 Å². The van der Waals surface area contributed by atoms with Crippen LogP contribution < -0.4 is 5.32 Å². The van der Waals surface area contributed by atoms with Gasteiger partial charge in [0.05, 0.1) is 12.6 Å². The second-order valence-electron chi connectivity index (χ2n) is 6.49. The van der Waals surface area contributed by atoms with E-state index in [0.29, 0.717) is 18.9 Å². The van der Waals surface area contributed by atoms with E-state index in [-0.39, 0.29) is 12.6 Å². The summed E-state index contributed by atoms with van der Waals surface area (Å²) in [6.45, 7) is 6.68. The number of carbonyl (C=O) groups excluding carboxylic acids is 1. The molecular weight excluding hydrogens is 282 g/mol. The van der Waals surface area contributed by atoms with Crippen molar-refractivity contribution in [1.29, 1.82) is 0 Å². The SMILES string of the molecule is CC(C)CC(NC(=O)OCc1ccccc1)C(O)C1(C)CO1. The van der Waals surface area contributed by atoms with E-state index >= 15 is 0 Å². The van der Waals surface area contributed by atoms with E-state index in [9.17, 15) is 9.90 Å². The second kappa shape index (κ2) is 7.11. The van der Waals surface area contributed by atoms with Crippen molar-refractivity contribution in [2.45, 2.75) is 51.5 Å². The van der Waals surface area contributed by atoms with E-state index in [0.717, 1.165) is 5.56 Å². The van der Waals surface area contributed by atoms with Gasteiger partial charge in [0.2, 0.25) is 0 Å². The highest BCUT2D eigenvalue weighted by Crippen LogP contribution is 2.33. The van der Waals surface area contributed by atoms with Gasteiger partial charge in [0.15, 0.2) is 0 Å². The number of aliphatic hydroxyl groups is 1. The minimum absolute atomic E-state index is 0.213. The average Bonchev–Trinajstić information content (AvgIpc) is 3.23. The van der Waals surface area contributed by atoms with E-state index in [1.165, 1.54) is 0 Å². The Hall–Kier alpha value is -1.59. The normalized spacial score (nSPS) is 23.0. The van der Waals surface area contributed by atoms with Gasteiger partial charge < -0.3 is 19.9 Å². The Morgan fingerprint density at radius 3 is 2.59 bits per heavy atom. The molecule has 3 unspecified atom stereocenters. The van der Waals surface area contributed by atoms with E-state index in [4.69, 9.17) is 9.47 Å². The molecule has 0 radical (unpaired) electrons. The van der Waals surface area contributed by atoms with Gasteiger partial charge >= 0.3 is 6.09 Å². The van der Waals surface area contributed by atoms with Crippen LogP contribution in [0.1, 0.15) is 32.8 Å². The molecule has 3 atom stereocenters. The van der Waals surface area contributed by atoms with Crippen LogP contribution >= 0.6 is 0 Å². The van der Waals surface area contributed by atoms with Crippen molar-refractivity contribution in [2.75, 3.05) is 6.61 Å². The summed E-state index contributed by atoms with van der Waals surface area (Å²) in [5.41, 5.74) is 0.378. The largest absolute Gasteiger partial charge is 0.445 e. The number of benzene rings is 1. The van der Waals surface area contributed by atoms with Gasteiger partial charge in [-0.25, -0.2) is 4.79 Å². The molecule has 5 heteroatoms. The van der Waals surface area contributed by atoms with Gasteiger partial charge in [0.1, 0.15) is 18.3 Å². The summed E-state index contributed by atoms with van der Waals surface area (Å²) in [6.07, 6.45) is -0.586. The monoisotopic (exact) mass is 307 g/mol. The Kier molecular flexibility index (Phi) is 5.42. The summed E-state index contributed by atoms with van der Waals surface area (Å²) in [5, 5.41) is 13.2. The van der Waals surface area contributed by atoms with Gasteiger partial charge in [-0.1, -0.05) is 44.2 Å². The first-order valence-electron chi connectivity index (χ1n) is 7.70. The topological polar surface area (TPSA) is 71.1 Å². The first-order valence-corrected chi connectivity index (χ1v) is 7.70. The number of hydrogen-bond acceptors (Lipinski definition) is 4. The van der Waals surface area contributed by atoms with Crippen molar-refractivity contribution >= 4 is 6.09 Å². The van der Waals surface area contributed by atoms with Crippen LogP contribution in [0.15, 0.2) is 30.3 Å². The molecule has 0 saturated carbocycles. The van der Waals surface area contributed by atoms with Gasteiger partial charge in [0.25, 0.3) is 0 Å². The standard InChI is InChI=1S/C17H25NO4/c1-12(2)9-14(15(19)17(3)11-22-17)18-16(20)21-10-13-7-5-4-6-8-13/h4-8,12,14-15,19H,9-11H2,1-3H3,(H,18,20). The van der Waals surface area contributed by atoms with Crippen molar-refractivity contribution < 1.29 is 19.4 Å². The van der Waals surface area contributed by atoms with E-state index in [1.54, 1.807) is 0 Å². The Bertz CT molecular complexity index is 485. The lowest BCUT2D eigenvalue weighted by atomic mass is 9.92. The third kappa shape index (κ3) is 4.71. The molecule has 1 heterocycles. The number of carbonyl (C=O) groups is 1. The van der Waals surface area contributed by atoms with Gasteiger partial charge in [0, 0.05) is 0 Å². The summed E-state index contributed by atoms with van der Waals surface area (Å²) in [4.78, 5) is 12.0. The summed E-state index contributed by atoms with van der Waals surface area (Å²) in [5.74, 6) is 0.344. The molecular formula is C17H25NO4. The summed E-state index contributed by atoms with van der Waals surface area (Å²) < 4.78 is 10.5. The quantitative estimate of drug-likeness (QED) is 0.759. The Balaban J connectivity index is 1.87. The zero-order valence-corrected chi connectivity index (χ0v) is 13.4. The fourth-order valence-corrected chi connectivity index (χ4v) is 2.40. The zero-order chi connectivity index (χ0) is 16.2. The first-order chi connectivity index (χ1) is 10.4. The van der Waals surface area contributed by atoms with Crippen LogP contribution in [0.5, 0.6) is 0 Å². The van der Waals surface area contributed by atoms with Gasteiger partial charge in [-0.3, -0.25) is 0 Å². The summed E-state index contributed by atoms with van der Waals surface area (Å²) in [7, 11) is 0. The minimum Gasteiger partial charge on any atom is -0.445 e. The fourth-order valence-electron chi connectivity index (χ4n) is 2.40. The lowest BCUT2D eigenvalue weighted by Crippen LogP contribution is -2.50. The van der Waals surface area contributed by atoms with Crippen LogP contribution in [-0.2, 0) is 16.1 Å². The first kappa shape index (κ1) is 16.8. The molecule has 1 aromatic carbocycles. The lowest BCUT2D eigenvalue weighted by Gasteiger charge is -2.27. The van der Waals surface area contributed by atoms with Crippen molar-refractivity contribution in [3.63, 3.8) is 0 Å². The van der Waals surface area contributed by atoms with Crippen LogP contribution in [0.4, 0.5) is 4.79 Å². The minimum atomic E-state index is -0.737. The smallest absolute Gasteiger partial charge is 0.407 e. The Morgan fingerprint density at radius 1 is 1.41 bits per heavy atom. The van der Waals surface area contributed by atoms with E-state index in [2.05, 4.69) is 5.32 Å². The van der Waals surface area contributed by atoms with Crippen molar-refractivity contribution in [2.24, 2.45) is 5.92 Å². The highest BCUT2D eigenvalue weighted by Gasteiger charge is 2.50. The van der Waals surface area contributed by atoms with Crippen molar-refractivity contribution in [3.8, 4) is 0 Å². The number of rotatable bonds is 7. The molecule has 5 nitrogen and oxygen atoms in total. The number of hydrogen-bond donors (Lipinski definition) is 2. The number of amides is 1. The van der Waals surface area contributed by atoms with E-state index in [1.807, 2.05) is 51.1 Å². The molecule has 0 bridgehead atoms. The zero-order valence-electron chi connectivity index (χ0n) is 13.4. The summed E-state index contributed by atoms with van der Waals surface area (Å²) in [6, 6.07) is 9.12. The molecule has 0 aliphatic carbocycles. The number of nitrogens with one attached hydrogen (secondary N) is 1. The highest BCUT2D eigenvalue weighted by molar-refractivity contribution is 5.67. The molecule has 22 heavy (non-hydrogen) atoms. The predicted molar refractivity (Wildman–Crippen MR) is 83.4 cm³/mol. The van der Waals surface area contributed by atoms with Crippen LogP contribution in [0.2, 0.25) is 0 Å². The number of ether oxygens (including phenoxy) is 2. The maximum Gasteiger partial charge on any atom is 0.407 e. The molecule has 1 aliphatic heterocycles. The van der Waals surface area contributed by atoms with Crippen LogP contribution in [0, 0.1) is 5.92 Å². The maximum atomic E-state index is 12.0. The Morgan fingerprint density at radius 2 is 2.05 bits per heavy atom. The molecule has 1 fully saturated rings. The molecule has 1 aliphatic rings. The predicted octanol–water partition coefficient (Wildman–Crippen LogP) is 2.48. The molecule has 1 aromatic rings. The second-order valence-corrected chi connectivity index (χ2v) is 6.49. The fraction of sp³-hybridized carbons (Fsp3) is 0.588. The maximum absolute atomic E-state index is 12.0. The molecule has 2 N–H and O–H groups in total. The Labute approximate surface area is 131 Å². The molecule has 2 rings (SSSR count). The van der Waals surface area contributed by atoms with Gasteiger partial charge in [-0.15, -0.1) is 0 Å². The summed E-state index contributed by atoms with van der Waals surface area (Å²) >= 11 is 0. The molecule has 1 saturated heterocycles. The number of alkyl carbamates (subject to hydrolysis) is 1. The highest BCUT2D eigenvalue weighted by atomic mass is 16.6. The van der Waals surface area contributed by atoms with Crippen LogP contribution in [0.3, 0.4) is 0 Å². The molecule has 0 aromatic heterocycles. The third-order valence-corrected chi connectivity index (χ3v) is 3.85. The van der Waals surface area contributed by atoms with Crippen molar-refractivity contribution in [3.05, 3.63) is 35.9 Å². The van der Waals surface area contributed by atoms with Crippen LogP contribution in [-0.4, -0.2) is 35.6 Å². The average molecular weight is 307 g/mol. The molecule has 122 valence electrons. The third-order valence-electron chi connectivity index (χ3n) is 3.85. The van der Waals surface area contributed by atoms with Crippen LogP contribution in [0.25, 0.3) is 0 Å². The number of aliphatic hydroxyl groups excluding tert-OH is 1. The van der Waals surface area contributed by atoms with Gasteiger partial charge in [-0.2, -0.15) is 0 Å². The van der Waals surface area contributed by atoms with Crippen molar-refractivity contribution in [1.82, 2.24) is 5.32 Å².